The second-order valence-electron chi connectivity index (χ2n) is 3.33. The minimum absolute atomic E-state index is 0.0599. The molecule has 4 nitrogen and oxygen atoms in total. The molecule has 0 aliphatic carbocycles. The molecule has 0 spiro atoms. The van der Waals surface area contributed by atoms with E-state index in [9.17, 15) is 4.79 Å². The maximum absolute atomic E-state index is 11.1. The first-order valence-electron chi connectivity index (χ1n) is 4.96. The zero-order valence-electron chi connectivity index (χ0n) is 8.90. The van der Waals surface area contributed by atoms with E-state index in [1.165, 1.54) is 12.1 Å². The molecular weight excluding hydrogens is 267 g/mol. The van der Waals surface area contributed by atoms with Crippen LogP contribution in [0.1, 0.15) is 18.1 Å². The lowest BCUT2D eigenvalue weighted by Crippen LogP contribution is -2.17. The second kappa shape index (κ2) is 6.81. The van der Waals surface area contributed by atoms with E-state index in [0.717, 1.165) is 0 Å². The van der Waals surface area contributed by atoms with Gasteiger partial charge in [0.1, 0.15) is 0 Å². The third-order valence-corrected chi connectivity index (χ3v) is 2.63. The molecule has 1 rings (SSSR count). The normalized spacial score (nSPS) is 12.4. The summed E-state index contributed by atoms with van der Waals surface area (Å²) in [6.45, 7) is 0.0753. The van der Waals surface area contributed by atoms with Gasteiger partial charge < -0.3 is 14.9 Å². The Balaban J connectivity index is 2.89. The molecule has 0 saturated heterocycles. The molecule has 0 fully saturated rings. The quantitative estimate of drug-likeness (QED) is 0.785. The number of carboxylic acids is 1. The van der Waals surface area contributed by atoms with E-state index in [1.54, 1.807) is 6.07 Å². The van der Waals surface area contributed by atoms with Crippen LogP contribution in [0.15, 0.2) is 18.2 Å². The fourth-order valence-electron chi connectivity index (χ4n) is 1.28. The van der Waals surface area contributed by atoms with Crippen LogP contribution in [0.3, 0.4) is 0 Å². The largest absolute Gasteiger partial charge is 0.479 e. The highest BCUT2D eigenvalue weighted by Gasteiger charge is 2.23. The van der Waals surface area contributed by atoms with Crippen LogP contribution in [0, 0.1) is 0 Å². The van der Waals surface area contributed by atoms with Crippen molar-refractivity contribution < 1.29 is 19.7 Å². The van der Waals surface area contributed by atoms with Gasteiger partial charge in [0.05, 0.1) is 6.61 Å². The number of halogens is 2. The molecule has 0 amide bonds. The van der Waals surface area contributed by atoms with Crippen LogP contribution in [-0.4, -0.2) is 29.4 Å². The van der Waals surface area contributed by atoms with E-state index in [1.807, 2.05) is 0 Å². The molecule has 0 saturated carbocycles. The standard InChI is InChI=1S/C11H12Cl2O4/c12-7-2-3-9(13)8(6-7)10(11(15)16)17-5-1-4-14/h2-3,6,10,14H,1,4-5H2,(H,15,16). The van der Waals surface area contributed by atoms with Crippen molar-refractivity contribution in [3.05, 3.63) is 33.8 Å². The minimum atomic E-state index is -1.17. The summed E-state index contributed by atoms with van der Waals surface area (Å²) in [6.07, 6.45) is -0.810. The molecule has 1 unspecified atom stereocenters. The van der Waals surface area contributed by atoms with Crippen LogP contribution in [0.5, 0.6) is 0 Å². The Hall–Kier alpha value is -0.810. The summed E-state index contributed by atoms with van der Waals surface area (Å²) in [6, 6.07) is 4.55. The lowest BCUT2D eigenvalue weighted by Gasteiger charge is -2.15. The first-order valence-corrected chi connectivity index (χ1v) is 5.72. The number of aliphatic carboxylic acids is 1. The number of carbonyl (C=O) groups is 1. The molecular formula is C11H12Cl2O4. The Labute approximate surface area is 109 Å². The molecule has 6 heteroatoms. The number of aliphatic hydroxyl groups excluding tert-OH is 1. The van der Waals surface area contributed by atoms with Gasteiger partial charge in [0.2, 0.25) is 0 Å². The van der Waals surface area contributed by atoms with Gasteiger partial charge in [-0.1, -0.05) is 23.2 Å². The van der Waals surface area contributed by atoms with E-state index in [2.05, 4.69) is 0 Å². The van der Waals surface area contributed by atoms with Gasteiger partial charge in [0, 0.05) is 22.2 Å². The molecule has 1 atom stereocenters. The second-order valence-corrected chi connectivity index (χ2v) is 4.18. The summed E-state index contributed by atoms with van der Waals surface area (Å²) in [7, 11) is 0. The van der Waals surface area contributed by atoms with Gasteiger partial charge in [0.15, 0.2) is 6.10 Å². The Morgan fingerprint density at radius 2 is 2.12 bits per heavy atom. The van der Waals surface area contributed by atoms with Crippen LogP contribution in [-0.2, 0) is 9.53 Å². The molecule has 0 aliphatic heterocycles. The van der Waals surface area contributed by atoms with Crippen molar-refractivity contribution in [3.8, 4) is 0 Å². The molecule has 0 aliphatic rings. The van der Waals surface area contributed by atoms with Gasteiger partial charge in [0.25, 0.3) is 0 Å². The van der Waals surface area contributed by atoms with Crippen LogP contribution in [0.25, 0.3) is 0 Å². The zero-order chi connectivity index (χ0) is 12.8. The molecule has 94 valence electrons. The van der Waals surface area contributed by atoms with Crippen LogP contribution >= 0.6 is 23.2 Å². The number of benzene rings is 1. The average Bonchev–Trinajstić information content (AvgIpc) is 2.28. The summed E-state index contributed by atoms with van der Waals surface area (Å²) in [4.78, 5) is 11.1. The maximum Gasteiger partial charge on any atom is 0.337 e. The average molecular weight is 279 g/mol. The number of rotatable bonds is 6. The van der Waals surface area contributed by atoms with Gasteiger partial charge in [-0.15, -0.1) is 0 Å². The van der Waals surface area contributed by atoms with Gasteiger partial charge in [-0.2, -0.15) is 0 Å². The lowest BCUT2D eigenvalue weighted by atomic mass is 10.1. The summed E-state index contributed by atoms with van der Waals surface area (Å²) in [5.41, 5.74) is 0.310. The van der Waals surface area contributed by atoms with Crippen LogP contribution in [0.4, 0.5) is 0 Å². The summed E-state index contributed by atoms with van der Waals surface area (Å²) >= 11 is 11.7. The number of carboxylic acid groups (broad SMARTS) is 1. The van der Waals surface area contributed by atoms with E-state index in [0.29, 0.717) is 17.0 Å². The highest BCUT2D eigenvalue weighted by molar-refractivity contribution is 6.33. The topological polar surface area (TPSA) is 66.8 Å². The number of hydrogen-bond acceptors (Lipinski definition) is 3. The van der Waals surface area contributed by atoms with E-state index < -0.39 is 12.1 Å². The molecule has 1 aromatic rings. The lowest BCUT2D eigenvalue weighted by molar-refractivity contribution is -0.151. The number of aliphatic hydroxyl groups is 1. The van der Waals surface area contributed by atoms with Gasteiger partial charge in [-0.05, 0) is 24.6 Å². The first kappa shape index (κ1) is 14.3. The monoisotopic (exact) mass is 278 g/mol. The minimum Gasteiger partial charge on any atom is -0.479 e. The van der Waals surface area contributed by atoms with Crippen molar-refractivity contribution in [2.24, 2.45) is 0 Å². The third-order valence-electron chi connectivity index (χ3n) is 2.05. The van der Waals surface area contributed by atoms with Crippen LogP contribution in [0.2, 0.25) is 10.0 Å². The maximum atomic E-state index is 11.1. The van der Waals surface area contributed by atoms with Crippen molar-refractivity contribution in [3.63, 3.8) is 0 Å². The molecule has 0 radical (unpaired) electrons. The van der Waals surface area contributed by atoms with Gasteiger partial charge in [-0.3, -0.25) is 0 Å². The summed E-state index contributed by atoms with van der Waals surface area (Å²) in [5.74, 6) is -1.15. The van der Waals surface area contributed by atoms with E-state index >= 15 is 0 Å². The smallest absolute Gasteiger partial charge is 0.337 e. The van der Waals surface area contributed by atoms with Crippen molar-refractivity contribution in [2.75, 3.05) is 13.2 Å². The van der Waals surface area contributed by atoms with E-state index in [4.69, 9.17) is 38.2 Å². The SMILES string of the molecule is O=C(O)C(OCCCO)c1cc(Cl)ccc1Cl. The Morgan fingerprint density at radius 3 is 2.71 bits per heavy atom. The molecule has 0 aromatic heterocycles. The van der Waals surface area contributed by atoms with Crippen molar-refractivity contribution >= 4 is 29.2 Å². The van der Waals surface area contributed by atoms with Gasteiger partial charge in [-0.25, -0.2) is 4.79 Å². The molecule has 0 bridgehead atoms. The molecule has 0 heterocycles. The highest BCUT2D eigenvalue weighted by Crippen LogP contribution is 2.28. The third kappa shape index (κ3) is 4.16. The number of ether oxygens (including phenoxy) is 1. The predicted molar refractivity (Wildman–Crippen MR) is 64.5 cm³/mol. The summed E-state index contributed by atoms with van der Waals surface area (Å²) < 4.78 is 5.16. The van der Waals surface area contributed by atoms with Crippen molar-refractivity contribution in [1.82, 2.24) is 0 Å². The molecule has 17 heavy (non-hydrogen) atoms. The first-order chi connectivity index (χ1) is 8.06. The number of hydrogen-bond donors (Lipinski definition) is 2. The Bertz CT molecular complexity index is 395. The van der Waals surface area contributed by atoms with Gasteiger partial charge >= 0.3 is 5.97 Å². The predicted octanol–water partition coefficient (Wildman–Crippen LogP) is 2.52. The van der Waals surface area contributed by atoms with Crippen LogP contribution < -0.4 is 0 Å². The van der Waals surface area contributed by atoms with Crippen molar-refractivity contribution in [2.45, 2.75) is 12.5 Å². The van der Waals surface area contributed by atoms with E-state index in [-0.39, 0.29) is 18.2 Å². The molecule has 2 N–H and O–H groups in total. The van der Waals surface area contributed by atoms with Crippen molar-refractivity contribution in [1.29, 1.82) is 0 Å². The Kier molecular flexibility index (Phi) is 5.71. The summed E-state index contributed by atoms with van der Waals surface area (Å²) in [5, 5.41) is 18.3. The zero-order valence-corrected chi connectivity index (χ0v) is 10.4. The Morgan fingerprint density at radius 1 is 1.41 bits per heavy atom. The fraction of sp³-hybridized carbons (Fsp3) is 0.364. The fourth-order valence-corrected chi connectivity index (χ4v) is 1.67. The molecule has 1 aromatic carbocycles. The highest BCUT2D eigenvalue weighted by atomic mass is 35.5.